The lowest BCUT2D eigenvalue weighted by Gasteiger charge is -2.19. The van der Waals surface area contributed by atoms with Gasteiger partial charge in [-0.3, -0.25) is 0 Å². The van der Waals surface area contributed by atoms with Crippen LogP contribution in [0, 0.1) is 26.7 Å². The lowest BCUT2D eigenvalue weighted by Crippen LogP contribution is -2.23. The van der Waals surface area contributed by atoms with Crippen LogP contribution in [0.3, 0.4) is 0 Å². The maximum Gasteiger partial charge on any atom is 0.385 e. The number of hydrogen-bond donors (Lipinski definition) is 0. The molecular formula is C18H24OP+. The number of hydrogen-bond acceptors (Lipinski definition) is 1. The molecule has 0 N–H and O–H groups in total. The number of aryl methyl sites for hydroxylation is 3. The highest BCUT2D eigenvalue weighted by Crippen LogP contribution is 2.42. The van der Waals surface area contributed by atoms with Crippen molar-refractivity contribution in [1.29, 1.82) is 0 Å². The van der Waals surface area contributed by atoms with Gasteiger partial charge in [-0.15, -0.1) is 0 Å². The Morgan fingerprint density at radius 2 is 1.55 bits per heavy atom. The number of rotatable bonds is 2. The molecule has 0 bridgehead atoms. The highest BCUT2D eigenvalue weighted by atomic mass is 31.1. The Hall–Kier alpha value is -1.20. The summed E-state index contributed by atoms with van der Waals surface area (Å²) in [7, 11) is -1.41. The van der Waals surface area contributed by atoms with Crippen LogP contribution in [0.15, 0.2) is 35.4 Å². The van der Waals surface area contributed by atoms with Crippen LogP contribution in [0.25, 0.3) is 0 Å². The molecule has 1 nitrogen and oxygen atoms in total. The van der Waals surface area contributed by atoms with Crippen molar-refractivity contribution in [2.24, 2.45) is 5.92 Å². The molecular weight excluding hydrogens is 263 g/mol. The van der Waals surface area contributed by atoms with Gasteiger partial charge in [0.1, 0.15) is 0 Å². The average Bonchev–Trinajstić information content (AvgIpc) is 2.25. The van der Waals surface area contributed by atoms with Crippen molar-refractivity contribution in [3.63, 3.8) is 0 Å². The Balaban J connectivity index is 2.46. The Kier molecular flexibility index (Phi) is 4.30. The van der Waals surface area contributed by atoms with Crippen molar-refractivity contribution < 1.29 is 4.57 Å². The molecule has 0 saturated heterocycles. The molecule has 20 heavy (non-hydrogen) atoms. The Morgan fingerprint density at radius 3 is 2.05 bits per heavy atom. The largest absolute Gasteiger partial charge is 0.385 e. The predicted octanol–water partition coefficient (Wildman–Crippen LogP) is 4.98. The molecule has 3 atom stereocenters. The maximum absolute atomic E-state index is 13.2. The Labute approximate surface area is 123 Å². The highest BCUT2D eigenvalue weighted by molar-refractivity contribution is 7.54. The molecule has 0 radical (unpaired) electrons. The van der Waals surface area contributed by atoms with E-state index in [1.54, 1.807) is 0 Å². The van der Waals surface area contributed by atoms with Gasteiger partial charge in [-0.05, 0) is 40.2 Å². The van der Waals surface area contributed by atoms with Gasteiger partial charge in [-0.2, -0.15) is 0 Å². The van der Waals surface area contributed by atoms with E-state index in [1.165, 1.54) is 16.7 Å². The topological polar surface area (TPSA) is 17.1 Å². The molecule has 0 fully saturated rings. The fourth-order valence-corrected chi connectivity index (χ4v) is 5.53. The first-order chi connectivity index (χ1) is 9.31. The second-order valence-corrected chi connectivity index (χ2v) is 7.83. The maximum atomic E-state index is 13.2. The summed E-state index contributed by atoms with van der Waals surface area (Å²) in [6.45, 7) is 12.7. The van der Waals surface area contributed by atoms with Crippen LogP contribution >= 0.6 is 7.80 Å². The quantitative estimate of drug-likeness (QED) is 0.701. The average molecular weight is 287 g/mol. The van der Waals surface area contributed by atoms with Gasteiger partial charge in [0.15, 0.2) is 11.0 Å². The molecule has 1 aromatic rings. The van der Waals surface area contributed by atoms with Crippen LogP contribution < -0.4 is 5.30 Å². The SMILES string of the molecule is CC1=CC(C)C([P+](=O)c2c(C)cc(C)cc2C)C(C)=C1. The van der Waals surface area contributed by atoms with E-state index < -0.39 is 7.80 Å². The summed E-state index contributed by atoms with van der Waals surface area (Å²) in [5, 5.41) is 1.06. The van der Waals surface area contributed by atoms with E-state index in [1.807, 2.05) is 0 Å². The Morgan fingerprint density at radius 1 is 1.00 bits per heavy atom. The number of benzene rings is 1. The minimum atomic E-state index is -1.41. The first-order valence-electron chi connectivity index (χ1n) is 7.22. The van der Waals surface area contributed by atoms with Crippen LogP contribution in [0.4, 0.5) is 0 Å². The zero-order valence-corrected chi connectivity index (χ0v) is 14.2. The summed E-state index contributed by atoms with van der Waals surface area (Å²) in [5.41, 5.74) is 6.23. The van der Waals surface area contributed by atoms with Gasteiger partial charge in [0.2, 0.25) is 0 Å². The minimum Gasteiger partial charge on any atom is -0.0739 e. The van der Waals surface area contributed by atoms with E-state index in [2.05, 4.69) is 65.8 Å². The van der Waals surface area contributed by atoms with Crippen molar-refractivity contribution >= 4 is 13.1 Å². The van der Waals surface area contributed by atoms with Crippen LogP contribution in [-0.4, -0.2) is 5.66 Å². The number of allylic oxidation sites excluding steroid dienone is 4. The van der Waals surface area contributed by atoms with E-state index in [0.717, 1.165) is 16.4 Å². The molecule has 2 rings (SSSR count). The van der Waals surface area contributed by atoms with Crippen molar-refractivity contribution in [2.75, 3.05) is 0 Å². The van der Waals surface area contributed by atoms with Gasteiger partial charge >= 0.3 is 7.80 Å². The van der Waals surface area contributed by atoms with E-state index in [-0.39, 0.29) is 5.66 Å². The third-order valence-electron chi connectivity index (χ3n) is 4.05. The molecule has 0 aliphatic heterocycles. The van der Waals surface area contributed by atoms with Crippen molar-refractivity contribution in [3.8, 4) is 0 Å². The first-order valence-corrected chi connectivity index (χ1v) is 8.55. The van der Waals surface area contributed by atoms with E-state index in [0.29, 0.717) is 5.92 Å². The van der Waals surface area contributed by atoms with Crippen molar-refractivity contribution in [1.82, 2.24) is 0 Å². The van der Waals surface area contributed by atoms with E-state index in [4.69, 9.17) is 0 Å². The molecule has 1 aliphatic rings. The third-order valence-corrected chi connectivity index (χ3v) is 6.58. The normalized spacial score (nSPS) is 23.2. The third kappa shape index (κ3) is 2.79. The molecule has 1 aromatic carbocycles. The molecule has 0 aromatic heterocycles. The molecule has 1 aliphatic carbocycles. The summed E-state index contributed by atoms with van der Waals surface area (Å²) in [6, 6.07) is 4.28. The van der Waals surface area contributed by atoms with Crippen LogP contribution in [-0.2, 0) is 4.57 Å². The zero-order chi connectivity index (χ0) is 15.0. The summed E-state index contributed by atoms with van der Waals surface area (Å²) >= 11 is 0. The van der Waals surface area contributed by atoms with E-state index >= 15 is 0 Å². The smallest absolute Gasteiger partial charge is 0.0739 e. The Bertz CT molecular complexity index is 599. The van der Waals surface area contributed by atoms with Gasteiger partial charge in [0.25, 0.3) is 0 Å². The lowest BCUT2D eigenvalue weighted by molar-refractivity contribution is 0.575. The summed E-state index contributed by atoms with van der Waals surface area (Å²) < 4.78 is 13.2. The molecule has 3 unspecified atom stereocenters. The lowest BCUT2D eigenvalue weighted by atomic mass is 9.92. The van der Waals surface area contributed by atoms with Crippen LogP contribution in [0.5, 0.6) is 0 Å². The fourth-order valence-electron chi connectivity index (χ4n) is 3.47. The summed E-state index contributed by atoms with van der Waals surface area (Å²) in [6.07, 6.45) is 4.42. The van der Waals surface area contributed by atoms with Crippen LogP contribution in [0.1, 0.15) is 37.5 Å². The second kappa shape index (κ2) is 5.66. The molecule has 106 valence electrons. The van der Waals surface area contributed by atoms with Gasteiger partial charge in [-0.25, -0.2) is 0 Å². The van der Waals surface area contributed by atoms with Gasteiger partial charge in [-0.1, -0.05) is 46.9 Å². The second-order valence-electron chi connectivity index (χ2n) is 6.18. The molecule has 0 heterocycles. The molecule has 0 amide bonds. The minimum absolute atomic E-state index is 0.133. The van der Waals surface area contributed by atoms with Gasteiger partial charge < -0.3 is 0 Å². The van der Waals surface area contributed by atoms with Gasteiger partial charge in [0, 0.05) is 17.0 Å². The standard InChI is InChI=1S/C18H24OP/c1-11-7-13(3)17(14(4)8-11)20(19)18-15(5)9-12(2)10-16(18)6/h7-10,13,17H,1-6H3/q+1. The van der Waals surface area contributed by atoms with Crippen molar-refractivity contribution in [3.05, 3.63) is 52.1 Å². The molecule has 0 spiro atoms. The highest BCUT2D eigenvalue weighted by Gasteiger charge is 2.41. The summed E-state index contributed by atoms with van der Waals surface area (Å²) in [5.74, 6) is 0.337. The monoisotopic (exact) mass is 287 g/mol. The van der Waals surface area contributed by atoms with Crippen molar-refractivity contribution in [2.45, 2.75) is 47.2 Å². The molecule has 0 saturated carbocycles. The molecule has 2 heteroatoms. The van der Waals surface area contributed by atoms with E-state index in [9.17, 15) is 4.57 Å². The zero-order valence-electron chi connectivity index (χ0n) is 13.3. The van der Waals surface area contributed by atoms with Crippen LogP contribution in [0.2, 0.25) is 0 Å². The summed E-state index contributed by atoms with van der Waals surface area (Å²) in [4.78, 5) is 0. The first kappa shape index (κ1) is 15.2. The van der Waals surface area contributed by atoms with Gasteiger partial charge in [0.05, 0.1) is 0 Å². The fraction of sp³-hybridized carbons (Fsp3) is 0.444. The predicted molar refractivity (Wildman–Crippen MR) is 88.4 cm³/mol.